The van der Waals surface area contributed by atoms with E-state index in [1.54, 1.807) is 16.4 Å². The van der Waals surface area contributed by atoms with E-state index < -0.39 is 23.8 Å². The molecule has 3 amide bonds. The van der Waals surface area contributed by atoms with Crippen molar-refractivity contribution in [2.45, 2.75) is 71.9 Å². The number of hydrogen-bond donors (Lipinski definition) is 3. The molecule has 1 saturated heterocycles. The van der Waals surface area contributed by atoms with Crippen molar-refractivity contribution >= 4 is 17.7 Å². The summed E-state index contributed by atoms with van der Waals surface area (Å²) in [6, 6.07) is 13.4. The van der Waals surface area contributed by atoms with Gasteiger partial charge in [-0.2, -0.15) is 0 Å². The second-order valence-corrected chi connectivity index (χ2v) is 10.6. The summed E-state index contributed by atoms with van der Waals surface area (Å²) in [5.41, 5.74) is 4.28. The highest BCUT2D eigenvalue weighted by Crippen LogP contribution is 2.27. The molecule has 8 heteroatoms. The normalized spacial score (nSPS) is 17.6. The summed E-state index contributed by atoms with van der Waals surface area (Å²) in [5, 5.41) is 12.2. The van der Waals surface area contributed by atoms with E-state index in [2.05, 4.69) is 5.32 Å². The number of amides is 3. The zero-order valence-corrected chi connectivity index (χ0v) is 22.6. The molecular formula is C30H40FN3O4. The predicted octanol–water partition coefficient (Wildman–Crippen LogP) is 5.07. The molecule has 3 N–H and O–H groups in total. The van der Waals surface area contributed by atoms with Crippen LogP contribution in [-0.2, 0) is 20.9 Å². The second-order valence-electron chi connectivity index (χ2n) is 10.6. The number of carbonyl (C=O) groups is 3. The first-order chi connectivity index (χ1) is 18.2. The molecule has 0 bridgehead atoms. The Kier molecular flexibility index (Phi) is 10.8. The molecule has 3 rings (SSSR count). The number of carbonyl (C=O) groups excluding carboxylic acids is 3. The molecule has 0 unspecified atom stereocenters. The monoisotopic (exact) mass is 525 g/mol. The Morgan fingerprint density at radius 3 is 2.42 bits per heavy atom. The molecule has 1 aliphatic heterocycles. The average molecular weight is 526 g/mol. The molecule has 1 heterocycles. The zero-order valence-electron chi connectivity index (χ0n) is 22.6. The lowest BCUT2D eigenvalue weighted by Gasteiger charge is -2.29. The highest BCUT2D eigenvalue weighted by Gasteiger charge is 2.36. The van der Waals surface area contributed by atoms with Crippen LogP contribution in [0.15, 0.2) is 48.5 Å². The van der Waals surface area contributed by atoms with E-state index in [-0.39, 0.29) is 23.5 Å². The van der Waals surface area contributed by atoms with Crippen LogP contribution >= 0.6 is 0 Å². The van der Waals surface area contributed by atoms with Gasteiger partial charge in [0.05, 0.1) is 5.92 Å². The Bertz CT molecular complexity index is 1110. The molecule has 2 aromatic carbocycles. The predicted molar refractivity (Wildman–Crippen MR) is 144 cm³/mol. The third-order valence-corrected chi connectivity index (χ3v) is 7.15. The number of nitrogens with one attached hydrogen (secondary N) is 2. The highest BCUT2D eigenvalue weighted by molar-refractivity contribution is 5.91. The van der Waals surface area contributed by atoms with Crippen molar-refractivity contribution in [3.63, 3.8) is 0 Å². The number of benzene rings is 2. The minimum Gasteiger partial charge on any atom is -0.344 e. The fourth-order valence-electron chi connectivity index (χ4n) is 5.28. The average Bonchev–Trinajstić information content (AvgIpc) is 3.06. The first-order valence-electron chi connectivity index (χ1n) is 13.6. The molecule has 0 saturated carbocycles. The smallest absolute Gasteiger partial charge is 0.247 e. The number of halogens is 1. The highest BCUT2D eigenvalue weighted by atomic mass is 19.1. The van der Waals surface area contributed by atoms with Gasteiger partial charge in [0.1, 0.15) is 11.9 Å². The summed E-state index contributed by atoms with van der Waals surface area (Å²) < 4.78 is 13.7. The quantitative estimate of drug-likeness (QED) is 0.282. The number of nitrogens with zero attached hydrogens (tertiary/aromatic N) is 1. The Labute approximate surface area is 224 Å². The molecule has 0 spiro atoms. The largest absolute Gasteiger partial charge is 0.344 e. The van der Waals surface area contributed by atoms with Gasteiger partial charge in [0.15, 0.2) is 0 Å². The number of hydroxylamine groups is 1. The van der Waals surface area contributed by atoms with E-state index in [0.717, 1.165) is 29.5 Å². The van der Waals surface area contributed by atoms with Crippen LogP contribution in [0.1, 0.15) is 64.9 Å². The maximum Gasteiger partial charge on any atom is 0.247 e. The van der Waals surface area contributed by atoms with E-state index in [4.69, 9.17) is 0 Å². The number of hydrogen-bond acceptors (Lipinski definition) is 4. The fraction of sp³-hybridized carbons (Fsp3) is 0.500. The molecule has 0 aromatic heterocycles. The molecule has 7 nitrogen and oxygen atoms in total. The van der Waals surface area contributed by atoms with Crippen molar-refractivity contribution in [2.24, 2.45) is 17.8 Å². The number of rotatable bonds is 11. The zero-order chi connectivity index (χ0) is 27.7. The first-order valence-corrected chi connectivity index (χ1v) is 13.6. The van der Waals surface area contributed by atoms with Gasteiger partial charge >= 0.3 is 0 Å². The molecule has 3 atom stereocenters. The lowest BCUT2D eigenvalue weighted by Crippen LogP contribution is -2.51. The van der Waals surface area contributed by atoms with Crippen molar-refractivity contribution in [1.82, 2.24) is 15.7 Å². The standard InChI is InChI=1S/C30H40FN3O4/c1-4-9-25(29(36)33-38)26(16-20(2)3)28(35)32-27-14-5-6-15-34(30(27)37)19-21-10-7-11-22(17-21)23-12-8-13-24(31)18-23/h7-8,10-13,17-18,20,25-27,38H,4-6,9,14-16,19H2,1-3H3,(H,32,35)(H,33,36)/t25-,26-,27-/m0/s1. The van der Waals surface area contributed by atoms with Gasteiger partial charge in [0.25, 0.3) is 0 Å². The molecule has 1 fully saturated rings. The van der Waals surface area contributed by atoms with Crippen LogP contribution in [0.2, 0.25) is 0 Å². The van der Waals surface area contributed by atoms with Gasteiger partial charge < -0.3 is 10.2 Å². The van der Waals surface area contributed by atoms with Crippen LogP contribution in [-0.4, -0.2) is 40.4 Å². The van der Waals surface area contributed by atoms with Crippen molar-refractivity contribution in [3.05, 3.63) is 59.9 Å². The molecule has 1 aliphatic rings. The minimum absolute atomic E-state index is 0.144. The van der Waals surface area contributed by atoms with Crippen molar-refractivity contribution in [2.75, 3.05) is 6.54 Å². The Balaban J connectivity index is 1.76. The third kappa shape index (κ3) is 7.87. The fourth-order valence-corrected chi connectivity index (χ4v) is 5.28. The number of likely N-dealkylation sites (tertiary alicyclic amines) is 1. The Morgan fingerprint density at radius 2 is 1.76 bits per heavy atom. The third-order valence-electron chi connectivity index (χ3n) is 7.15. The van der Waals surface area contributed by atoms with Crippen LogP contribution < -0.4 is 10.8 Å². The van der Waals surface area contributed by atoms with E-state index in [9.17, 15) is 24.0 Å². The van der Waals surface area contributed by atoms with Crippen LogP contribution in [0.25, 0.3) is 11.1 Å². The van der Waals surface area contributed by atoms with E-state index in [1.165, 1.54) is 12.1 Å². The molecule has 38 heavy (non-hydrogen) atoms. The van der Waals surface area contributed by atoms with Gasteiger partial charge in [-0.1, -0.05) is 57.5 Å². The second kappa shape index (κ2) is 14.0. The van der Waals surface area contributed by atoms with E-state index >= 15 is 0 Å². The lowest BCUT2D eigenvalue weighted by atomic mass is 9.81. The lowest BCUT2D eigenvalue weighted by molar-refractivity contribution is -0.143. The minimum atomic E-state index is -0.675. The van der Waals surface area contributed by atoms with Gasteiger partial charge in [-0.25, -0.2) is 9.87 Å². The summed E-state index contributed by atoms with van der Waals surface area (Å²) in [7, 11) is 0. The van der Waals surface area contributed by atoms with Crippen LogP contribution in [0.5, 0.6) is 0 Å². The first kappa shape index (κ1) is 29.3. The van der Waals surface area contributed by atoms with Gasteiger partial charge in [-0.3, -0.25) is 19.6 Å². The van der Waals surface area contributed by atoms with Crippen LogP contribution in [0, 0.1) is 23.6 Å². The van der Waals surface area contributed by atoms with Gasteiger partial charge in [0, 0.05) is 19.0 Å². The van der Waals surface area contributed by atoms with Gasteiger partial charge in [-0.05, 0) is 72.9 Å². The van der Waals surface area contributed by atoms with Gasteiger partial charge in [-0.15, -0.1) is 0 Å². The maximum atomic E-state index is 13.7. The van der Waals surface area contributed by atoms with E-state index in [1.807, 2.05) is 51.1 Å². The molecule has 206 valence electrons. The summed E-state index contributed by atoms with van der Waals surface area (Å²) in [6.45, 7) is 6.86. The molecule has 0 radical (unpaired) electrons. The summed E-state index contributed by atoms with van der Waals surface area (Å²) in [6.07, 6.45) is 3.77. The van der Waals surface area contributed by atoms with Crippen molar-refractivity contribution in [1.29, 1.82) is 0 Å². The maximum absolute atomic E-state index is 13.7. The van der Waals surface area contributed by atoms with Crippen molar-refractivity contribution in [3.8, 4) is 11.1 Å². The topological polar surface area (TPSA) is 98.7 Å². The Morgan fingerprint density at radius 1 is 1.05 bits per heavy atom. The van der Waals surface area contributed by atoms with Crippen molar-refractivity contribution < 1.29 is 24.0 Å². The van der Waals surface area contributed by atoms with Gasteiger partial charge in [0.2, 0.25) is 17.7 Å². The van der Waals surface area contributed by atoms with E-state index in [0.29, 0.717) is 38.8 Å². The SMILES string of the molecule is CCC[C@H](C(=O)NO)[C@H](CC(C)C)C(=O)N[C@H]1CCCCN(Cc2cccc(-c3cccc(F)c3)c2)C1=O. The molecule has 2 aromatic rings. The molecule has 0 aliphatic carbocycles. The summed E-state index contributed by atoms with van der Waals surface area (Å²) in [4.78, 5) is 41.2. The Hall–Kier alpha value is -3.26. The van der Waals surface area contributed by atoms with Crippen LogP contribution in [0.3, 0.4) is 0 Å². The summed E-state index contributed by atoms with van der Waals surface area (Å²) >= 11 is 0. The summed E-state index contributed by atoms with van der Waals surface area (Å²) in [5.74, 6) is -2.50. The molecular weight excluding hydrogens is 485 g/mol. The van der Waals surface area contributed by atoms with Crippen LogP contribution in [0.4, 0.5) is 4.39 Å².